The van der Waals surface area contributed by atoms with Crippen molar-refractivity contribution in [3.05, 3.63) is 27.6 Å². The minimum Gasteiger partial charge on any atom is -0.327 e. The zero-order chi connectivity index (χ0) is 14.8. The molecule has 0 aliphatic carbocycles. The number of rotatable bonds is 6. The topological polar surface area (TPSA) is 64.0 Å². The van der Waals surface area contributed by atoms with E-state index < -0.39 is 10.0 Å². The Morgan fingerprint density at radius 1 is 1.45 bits per heavy atom. The van der Waals surface area contributed by atoms with E-state index in [-0.39, 0.29) is 0 Å². The van der Waals surface area contributed by atoms with Crippen molar-refractivity contribution in [1.29, 1.82) is 0 Å². The van der Waals surface area contributed by atoms with Crippen LogP contribution >= 0.6 is 34.2 Å². The summed E-state index contributed by atoms with van der Waals surface area (Å²) in [5.41, 5.74) is 1.95. The lowest BCUT2D eigenvalue weighted by Crippen LogP contribution is -2.24. The molecule has 0 radical (unpaired) electrons. The van der Waals surface area contributed by atoms with Gasteiger partial charge in [0.05, 0.1) is 23.2 Å². The first-order valence-corrected chi connectivity index (χ1v) is 9.56. The standard InChI is InChI=1S/C12H15ClIN3O2S/c1-20(18,19)15-5-2-6-17-11-4-3-9(14)7-10(11)16-12(17)8-13/h3-4,7,15H,2,5-6,8H2,1H3. The molecule has 0 unspecified atom stereocenters. The maximum Gasteiger partial charge on any atom is 0.208 e. The summed E-state index contributed by atoms with van der Waals surface area (Å²) in [6.07, 6.45) is 1.85. The lowest BCUT2D eigenvalue weighted by molar-refractivity contribution is 0.575. The van der Waals surface area contributed by atoms with E-state index in [0.717, 1.165) is 26.7 Å². The second kappa shape index (κ2) is 6.59. The van der Waals surface area contributed by atoms with Crippen LogP contribution in [0.15, 0.2) is 18.2 Å². The van der Waals surface area contributed by atoms with Crippen LogP contribution in [0, 0.1) is 3.57 Å². The molecule has 1 heterocycles. The Balaban J connectivity index is 2.16. The molecule has 0 fully saturated rings. The number of imidazole rings is 1. The van der Waals surface area contributed by atoms with Gasteiger partial charge in [0.2, 0.25) is 10.0 Å². The Kier molecular flexibility index (Phi) is 5.27. The third kappa shape index (κ3) is 4.06. The number of nitrogens with zero attached hydrogens (tertiary/aromatic N) is 2. The highest BCUT2D eigenvalue weighted by Gasteiger charge is 2.10. The van der Waals surface area contributed by atoms with Gasteiger partial charge in [-0.1, -0.05) is 0 Å². The summed E-state index contributed by atoms with van der Waals surface area (Å²) in [4.78, 5) is 4.51. The van der Waals surface area contributed by atoms with E-state index in [2.05, 4.69) is 32.3 Å². The molecule has 1 aromatic carbocycles. The summed E-state index contributed by atoms with van der Waals surface area (Å²) in [7, 11) is -3.13. The van der Waals surface area contributed by atoms with E-state index in [4.69, 9.17) is 11.6 Å². The highest BCUT2D eigenvalue weighted by Crippen LogP contribution is 2.20. The molecule has 8 heteroatoms. The van der Waals surface area contributed by atoms with Crippen LogP contribution in [0.4, 0.5) is 0 Å². The highest BCUT2D eigenvalue weighted by molar-refractivity contribution is 14.1. The molecular weight excluding hydrogens is 413 g/mol. The third-order valence-electron chi connectivity index (χ3n) is 2.83. The van der Waals surface area contributed by atoms with E-state index in [1.165, 1.54) is 0 Å². The fourth-order valence-corrected chi connectivity index (χ4v) is 3.19. The van der Waals surface area contributed by atoms with Gasteiger partial charge in [0.1, 0.15) is 5.82 Å². The monoisotopic (exact) mass is 427 g/mol. The quantitative estimate of drug-likeness (QED) is 0.437. The molecule has 0 aliphatic heterocycles. The Bertz CT molecular complexity index is 715. The molecule has 20 heavy (non-hydrogen) atoms. The number of alkyl halides is 1. The number of aromatic nitrogens is 2. The number of aryl methyl sites for hydroxylation is 1. The molecule has 0 amide bonds. The average molecular weight is 428 g/mol. The van der Waals surface area contributed by atoms with Crippen LogP contribution in [-0.4, -0.2) is 30.8 Å². The van der Waals surface area contributed by atoms with Crippen molar-refractivity contribution in [2.45, 2.75) is 18.8 Å². The predicted octanol–water partition coefficient (Wildman–Crippen LogP) is 2.32. The van der Waals surface area contributed by atoms with Crippen LogP contribution in [0.1, 0.15) is 12.2 Å². The van der Waals surface area contributed by atoms with E-state index in [1.807, 2.05) is 22.8 Å². The smallest absolute Gasteiger partial charge is 0.208 e. The first kappa shape index (κ1) is 16.0. The molecule has 2 rings (SSSR count). The van der Waals surface area contributed by atoms with E-state index in [9.17, 15) is 8.42 Å². The molecule has 0 bridgehead atoms. The molecule has 0 aliphatic rings. The van der Waals surface area contributed by atoms with Crippen molar-refractivity contribution < 1.29 is 8.42 Å². The molecule has 0 saturated heterocycles. The molecule has 0 saturated carbocycles. The average Bonchev–Trinajstić information content (AvgIpc) is 2.70. The minimum atomic E-state index is -3.13. The number of benzene rings is 1. The van der Waals surface area contributed by atoms with Gasteiger partial charge in [-0.25, -0.2) is 18.1 Å². The van der Waals surface area contributed by atoms with E-state index >= 15 is 0 Å². The van der Waals surface area contributed by atoms with Gasteiger partial charge in [-0.2, -0.15) is 0 Å². The minimum absolute atomic E-state index is 0.338. The third-order valence-corrected chi connectivity index (χ3v) is 4.47. The van der Waals surface area contributed by atoms with Gasteiger partial charge in [0, 0.05) is 16.7 Å². The van der Waals surface area contributed by atoms with E-state index in [0.29, 0.717) is 25.4 Å². The van der Waals surface area contributed by atoms with Crippen LogP contribution in [0.2, 0.25) is 0 Å². The van der Waals surface area contributed by atoms with Crippen molar-refractivity contribution in [1.82, 2.24) is 14.3 Å². The normalized spacial score (nSPS) is 12.2. The lowest BCUT2D eigenvalue weighted by Gasteiger charge is -2.08. The van der Waals surface area contributed by atoms with Gasteiger partial charge in [-0.15, -0.1) is 11.6 Å². The van der Waals surface area contributed by atoms with Crippen LogP contribution < -0.4 is 4.72 Å². The fraction of sp³-hybridized carbons (Fsp3) is 0.417. The van der Waals surface area contributed by atoms with Crippen LogP contribution in [0.25, 0.3) is 11.0 Å². The van der Waals surface area contributed by atoms with Crippen LogP contribution in [-0.2, 0) is 22.4 Å². The van der Waals surface area contributed by atoms with Gasteiger partial charge in [-0.05, 0) is 47.2 Å². The molecule has 0 spiro atoms. The summed E-state index contributed by atoms with van der Waals surface area (Å²) in [6, 6.07) is 6.05. The largest absolute Gasteiger partial charge is 0.327 e. The summed E-state index contributed by atoms with van der Waals surface area (Å²) >= 11 is 8.18. The molecule has 110 valence electrons. The maximum absolute atomic E-state index is 11.0. The van der Waals surface area contributed by atoms with Crippen molar-refractivity contribution in [2.24, 2.45) is 0 Å². The number of hydrogen-bond donors (Lipinski definition) is 1. The van der Waals surface area contributed by atoms with Gasteiger partial charge >= 0.3 is 0 Å². The second-order valence-corrected chi connectivity index (χ2v) is 7.81. The number of nitrogens with one attached hydrogen (secondary N) is 1. The number of fused-ring (bicyclic) bond motifs is 1. The molecular formula is C12H15ClIN3O2S. The fourth-order valence-electron chi connectivity index (χ4n) is 2.00. The SMILES string of the molecule is CS(=O)(=O)NCCCn1c(CCl)nc2cc(I)ccc21. The molecule has 2 aromatic rings. The first-order valence-electron chi connectivity index (χ1n) is 6.06. The van der Waals surface area contributed by atoms with Crippen LogP contribution in [0.3, 0.4) is 0 Å². The molecule has 1 N–H and O–H groups in total. The summed E-state index contributed by atoms with van der Waals surface area (Å²) in [6.45, 7) is 1.09. The molecule has 1 aromatic heterocycles. The van der Waals surface area contributed by atoms with Gasteiger partial charge in [0.25, 0.3) is 0 Å². The molecule has 5 nitrogen and oxygen atoms in total. The van der Waals surface area contributed by atoms with E-state index in [1.54, 1.807) is 0 Å². The zero-order valence-corrected chi connectivity index (χ0v) is 14.7. The van der Waals surface area contributed by atoms with Crippen molar-refractivity contribution in [3.8, 4) is 0 Å². The summed E-state index contributed by atoms with van der Waals surface area (Å²) in [5.74, 6) is 1.15. The van der Waals surface area contributed by atoms with Gasteiger partial charge < -0.3 is 4.57 Å². The Hall–Kier alpha value is -0.380. The summed E-state index contributed by atoms with van der Waals surface area (Å²) < 4.78 is 27.7. The van der Waals surface area contributed by atoms with Crippen molar-refractivity contribution in [3.63, 3.8) is 0 Å². The van der Waals surface area contributed by atoms with Crippen LogP contribution in [0.5, 0.6) is 0 Å². The Morgan fingerprint density at radius 3 is 2.85 bits per heavy atom. The maximum atomic E-state index is 11.0. The van der Waals surface area contributed by atoms with Crippen molar-refractivity contribution >= 4 is 55.2 Å². The second-order valence-electron chi connectivity index (χ2n) is 4.47. The zero-order valence-electron chi connectivity index (χ0n) is 10.9. The number of hydrogen-bond acceptors (Lipinski definition) is 3. The highest BCUT2D eigenvalue weighted by atomic mass is 127. The summed E-state index contributed by atoms with van der Waals surface area (Å²) in [5, 5.41) is 0. The number of halogens is 2. The van der Waals surface area contributed by atoms with Gasteiger partial charge in [0.15, 0.2) is 0 Å². The Labute approximate surface area is 136 Å². The van der Waals surface area contributed by atoms with Gasteiger partial charge in [-0.3, -0.25) is 0 Å². The number of sulfonamides is 1. The molecule has 0 atom stereocenters. The predicted molar refractivity (Wildman–Crippen MR) is 89.5 cm³/mol. The van der Waals surface area contributed by atoms with Crippen molar-refractivity contribution in [2.75, 3.05) is 12.8 Å². The Morgan fingerprint density at radius 2 is 2.20 bits per heavy atom. The lowest BCUT2D eigenvalue weighted by atomic mass is 10.3. The first-order chi connectivity index (χ1) is 9.40.